The number of aryl methyl sites for hydroxylation is 3. The van der Waals surface area contributed by atoms with Crippen LogP contribution in [0.25, 0.3) is 0 Å². The van der Waals surface area contributed by atoms with Gasteiger partial charge in [-0.15, -0.1) is 0 Å². The van der Waals surface area contributed by atoms with Crippen molar-refractivity contribution < 1.29 is 27.2 Å². The first-order chi connectivity index (χ1) is 11.1. The van der Waals surface area contributed by atoms with E-state index in [-0.39, 0.29) is 16.8 Å². The molecule has 0 aromatic carbocycles. The van der Waals surface area contributed by atoms with Crippen LogP contribution in [-0.2, 0) is 6.18 Å². The molecule has 0 spiro atoms. The second-order valence-corrected chi connectivity index (χ2v) is 5.06. The van der Waals surface area contributed by atoms with Crippen LogP contribution in [0.1, 0.15) is 43.6 Å². The van der Waals surface area contributed by atoms with Gasteiger partial charge in [0.1, 0.15) is 17.2 Å². The van der Waals surface area contributed by atoms with E-state index in [1.54, 1.807) is 13.8 Å². The van der Waals surface area contributed by atoms with Crippen LogP contribution in [0.15, 0.2) is 22.6 Å². The number of alkyl halides is 3. The Hall–Kier alpha value is -2.84. The lowest BCUT2D eigenvalue weighted by molar-refractivity contribution is -0.141. The number of halogens is 3. The molecule has 2 amide bonds. The minimum Gasteiger partial charge on any atom is -0.466 e. The van der Waals surface area contributed by atoms with Crippen molar-refractivity contribution in [2.24, 2.45) is 0 Å². The lowest BCUT2D eigenvalue weighted by Gasteiger charge is -2.11. The fraction of sp³-hybridized carbons (Fsp3) is 0.267. The fourth-order valence-corrected chi connectivity index (χ4v) is 2.06. The van der Waals surface area contributed by atoms with Crippen LogP contribution in [0, 0.1) is 20.8 Å². The molecule has 9 heteroatoms. The molecule has 0 atom stereocenters. The smallest absolute Gasteiger partial charge is 0.433 e. The number of pyridine rings is 1. The fourth-order valence-electron chi connectivity index (χ4n) is 2.06. The summed E-state index contributed by atoms with van der Waals surface area (Å²) in [7, 11) is 0. The van der Waals surface area contributed by atoms with Crippen molar-refractivity contribution in [3.05, 3.63) is 52.2 Å². The standard InChI is InChI=1S/C15H14F3N3O3/c1-7-6-11(9(3)24-7)14(23)21-20-13(22)10-4-5-12(15(16,17)18)19-8(10)2/h4-6H,1-3H3,(H,20,22)(H,21,23). The lowest BCUT2D eigenvalue weighted by atomic mass is 10.1. The first-order valence-corrected chi connectivity index (χ1v) is 6.82. The second kappa shape index (κ2) is 6.34. The Morgan fingerprint density at radius 1 is 1.04 bits per heavy atom. The zero-order valence-electron chi connectivity index (χ0n) is 13.0. The Bertz CT molecular complexity index is 797. The number of hydrazine groups is 1. The van der Waals surface area contributed by atoms with E-state index in [1.807, 2.05) is 0 Å². The van der Waals surface area contributed by atoms with E-state index >= 15 is 0 Å². The number of carbonyl (C=O) groups excluding carboxylic acids is 2. The van der Waals surface area contributed by atoms with Crippen LogP contribution in [-0.4, -0.2) is 16.8 Å². The van der Waals surface area contributed by atoms with Gasteiger partial charge in [0.05, 0.1) is 16.8 Å². The molecule has 2 heterocycles. The molecule has 0 aliphatic carbocycles. The van der Waals surface area contributed by atoms with Crippen LogP contribution in [0.2, 0.25) is 0 Å². The van der Waals surface area contributed by atoms with Gasteiger partial charge in [-0.25, -0.2) is 4.98 Å². The number of furan rings is 1. The van der Waals surface area contributed by atoms with Gasteiger partial charge >= 0.3 is 6.18 Å². The van der Waals surface area contributed by atoms with Crippen LogP contribution < -0.4 is 10.9 Å². The maximum absolute atomic E-state index is 12.6. The summed E-state index contributed by atoms with van der Waals surface area (Å²) in [4.78, 5) is 27.3. The number of amides is 2. The number of rotatable bonds is 2. The van der Waals surface area contributed by atoms with E-state index in [4.69, 9.17) is 4.42 Å². The molecule has 2 aromatic rings. The van der Waals surface area contributed by atoms with E-state index < -0.39 is 23.7 Å². The van der Waals surface area contributed by atoms with Crippen molar-refractivity contribution in [3.63, 3.8) is 0 Å². The molecular formula is C15H14F3N3O3. The Kier molecular flexibility index (Phi) is 4.63. The lowest BCUT2D eigenvalue weighted by Crippen LogP contribution is -2.42. The monoisotopic (exact) mass is 341 g/mol. The summed E-state index contributed by atoms with van der Waals surface area (Å²) in [6.07, 6.45) is -4.59. The molecule has 128 valence electrons. The van der Waals surface area contributed by atoms with Crippen LogP contribution >= 0.6 is 0 Å². The summed E-state index contributed by atoms with van der Waals surface area (Å²) in [5.74, 6) is -0.464. The molecule has 0 aliphatic rings. The minimum atomic E-state index is -4.59. The van der Waals surface area contributed by atoms with Crippen LogP contribution in [0.4, 0.5) is 13.2 Å². The summed E-state index contributed by atoms with van der Waals surface area (Å²) in [6, 6.07) is 3.20. The average molecular weight is 341 g/mol. The molecule has 2 aromatic heterocycles. The first-order valence-electron chi connectivity index (χ1n) is 6.82. The first kappa shape index (κ1) is 17.5. The summed E-state index contributed by atoms with van der Waals surface area (Å²) >= 11 is 0. The number of hydrogen-bond donors (Lipinski definition) is 2. The number of carbonyl (C=O) groups is 2. The number of hydrogen-bond acceptors (Lipinski definition) is 4. The van der Waals surface area contributed by atoms with E-state index in [0.717, 1.165) is 6.07 Å². The van der Waals surface area contributed by atoms with Gasteiger partial charge < -0.3 is 4.42 Å². The zero-order chi connectivity index (χ0) is 18.1. The predicted octanol–water partition coefficient (Wildman–Crippen LogP) is 2.69. The normalized spacial score (nSPS) is 11.2. The third kappa shape index (κ3) is 3.73. The zero-order valence-corrected chi connectivity index (χ0v) is 13.0. The molecule has 0 saturated carbocycles. The van der Waals surface area contributed by atoms with Gasteiger partial charge in [0.25, 0.3) is 11.8 Å². The van der Waals surface area contributed by atoms with Crippen molar-refractivity contribution in [2.75, 3.05) is 0 Å². The highest BCUT2D eigenvalue weighted by atomic mass is 19.4. The molecule has 6 nitrogen and oxygen atoms in total. The number of nitrogens with zero attached hydrogens (tertiary/aromatic N) is 1. The quantitative estimate of drug-likeness (QED) is 0.823. The van der Waals surface area contributed by atoms with Crippen molar-refractivity contribution in [3.8, 4) is 0 Å². The van der Waals surface area contributed by atoms with Gasteiger partial charge in [-0.2, -0.15) is 13.2 Å². The Morgan fingerprint density at radius 3 is 2.08 bits per heavy atom. The predicted molar refractivity (Wildman–Crippen MR) is 77.1 cm³/mol. The van der Waals surface area contributed by atoms with Gasteiger partial charge in [0.15, 0.2) is 0 Å². The Morgan fingerprint density at radius 2 is 1.62 bits per heavy atom. The molecule has 0 aliphatic heterocycles. The second-order valence-electron chi connectivity index (χ2n) is 5.06. The van der Waals surface area contributed by atoms with Crippen molar-refractivity contribution >= 4 is 11.8 Å². The third-order valence-corrected chi connectivity index (χ3v) is 3.20. The third-order valence-electron chi connectivity index (χ3n) is 3.20. The minimum absolute atomic E-state index is 0.0802. The number of nitrogens with one attached hydrogen (secondary N) is 2. The summed E-state index contributed by atoms with van der Waals surface area (Å²) in [6.45, 7) is 4.53. The van der Waals surface area contributed by atoms with Gasteiger partial charge in [-0.1, -0.05) is 0 Å². The number of aromatic nitrogens is 1. The van der Waals surface area contributed by atoms with Gasteiger partial charge in [0.2, 0.25) is 0 Å². The van der Waals surface area contributed by atoms with E-state index in [2.05, 4.69) is 15.8 Å². The topological polar surface area (TPSA) is 84.2 Å². The van der Waals surface area contributed by atoms with Gasteiger partial charge in [0, 0.05) is 0 Å². The van der Waals surface area contributed by atoms with Crippen LogP contribution in [0.3, 0.4) is 0 Å². The van der Waals surface area contributed by atoms with E-state index in [9.17, 15) is 22.8 Å². The Balaban J connectivity index is 2.08. The summed E-state index contributed by atoms with van der Waals surface area (Å²) < 4.78 is 42.9. The van der Waals surface area contributed by atoms with Crippen LogP contribution in [0.5, 0.6) is 0 Å². The van der Waals surface area contributed by atoms with Crippen molar-refractivity contribution in [1.29, 1.82) is 0 Å². The summed E-state index contributed by atoms with van der Waals surface area (Å²) in [5.41, 5.74) is 3.27. The molecule has 2 N–H and O–H groups in total. The summed E-state index contributed by atoms with van der Waals surface area (Å²) in [5, 5.41) is 0. The molecule has 24 heavy (non-hydrogen) atoms. The highest BCUT2D eigenvalue weighted by molar-refractivity contribution is 6.00. The molecule has 0 unspecified atom stereocenters. The van der Waals surface area contributed by atoms with Gasteiger partial charge in [-0.3, -0.25) is 20.4 Å². The van der Waals surface area contributed by atoms with Gasteiger partial charge in [-0.05, 0) is 39.0 Å². The molecule has 0 bridgehead atoms. The van der Waals surface area contributed by atoms with Crippen molar-refractivity contribution in [1.82, 2.24) is 15.8 Å². The molecule has 0 saturated heterocycles. The Labute approximate surface area is 135 Å². The van der Waals surface area contributed by atoms with E-state index in [0.29, 0.717) is 17.6 Å². The van der Waals surface area contributed by atoms with E-state index in [1.165, 1.54) is 13.0 Å². The largest absolute Gasteiger partial charge is 0.466 e. The molecule has 0 fully saturated rings. The molecule has 0 radical (unpaired) electrons. The highest BCUT2D eigenvalue weighted by Crippen LogP contribution is 2.28. The molecular weight excluding hydrogens is 327 g/mol. The average Bonchev–Trinajstić information content (AvgIpc) is 2.82. The maximum atomic E-state index is 12.6. The SMILES string of the molecule is Cc1cc(C(=O)NNC(=O)c2ccc(C(F)(F)F)nc2C)c(C)o1. The highest BCUT2D eigenvalue weighted by Gasteiger charge is 2.33. The van der Waals surface area contributed by atoms with Crippen molar-refractivity contribution in [2.45, 2.75) is 26.9 Å². The molecule has 2 rings (SSSR count). The maximum Gasteiger partial charge on any atom is 0.433 e.